The fraction of sp³-hybridized carbons (Fsp3) is 0.545. The van der Waals surface area contributed by atoms with Crippen molar-refractivity contribution in [3.63, 3.8) is 0 Å². The second-order valence-corrected chi connectivity index (χ2v) is 5.29. The second-order valence-electron chi connectivity index (χ2n) is 3.96. The summed E-state index contributed by atoms with van der Waals surface area (Å²) < 4.78 is 6.49. The predicted molar refractivity (Wildman–Crippen MR) is 68.0 cm³/mol. The van der Waals surface area contributed by atoms with E-state index in [9.17, 15) is 0 Å². The minimum Gasteiger partial charge on any atom is -0.476 e. The Morgan fingerprint density at radius 2 is 2.50 bits per heavy atom. The van der Waals surface area contributed by atoms with E-state index < -0.39 is 0 Å². The number of piperidine rings is 1. The van der Waals surface area contributed by atoms with E-state index in [4.69, 9.17) is 16.3 Å². The molecule has 1 unspecified atom stereocenters. The second kappa shape index (κ2) is 5.84. The van der Waals surface area contributed by atoms with Crippen LogP contribution in [0.25, 0.3) is 0 Å². The van der Waals surface area contributed by atoms with Crippen molar-refractivity contribution >= 4 is 27.5 Å². The van der Waals surface area contributed by atoms with Gasteiger partial charge in [0.25, 0.3) is 0 Å². The van der Waals surface area contributed by atoms with Crippen LogP contribution in [0.2, 0.25) is 5.02 Å². The van der Waals surface area contributed by atoms with Gasteiger partial charge in [0.15, 0.2) is 0 Å². The quantitative estimate of drug-likeness (QED) is 0.932. The molecule has 2 heterocycles. The largest absolute Gasteiger partial charge is 0.476 e. The molecule has 1 aromatic heterocycles. The molecule has 0 saturated carbocycles. The molecule has 0 spiro atoms. The van der Waals surface area contributed by atoms with E-state index >= 15 is 0 Å². The molecule has 0 radical (unpaired) electrons. The molecule has 0 amide bonds. The normalized spacial score (nSPS) is 20.8. The minimum atomic E-state index is 0.524. The van der Waals surface area contributed by atoms with Crippen molar-refractivity contribution < 1.29 is 4.74 Å². The first-order valence-electron chi connectivity index (χ1n) is 5.40. The topological polar surface area (TPSA) is 34.1 Å². The lowest BCUT2D eigenvalue weighted by molar-refractivity contribution is 0.212. The molecule has 1 atom stereocenters. The molecule has 1 aliphatic heterocycles. The zero-order valence-electron chi connectivity index (χ0n) is 8.88. The Morgan fingerprint density at radius 1 is 1.62 bits per heavy atom. The van der Waals surface area contributed by atoms with Crippen molar-refractivity contribution in [1.29, 1.82) is 0 Å². The van der Waals surface area contributed by atoms with Crippen LogP contribution in [0.4, 0.5) is 0 Å². The van der Waals surface area contributed by atoms with Crippen LogP contribution in [0.3, 0.4) is 0 Å². The maximum atomic E-state index is 6.01. The van der Waals surface area contributed by atoms with Gasteiger partial charge in [0, 0.05) is 23.1 Å². The molecule has 0 aliphatic carbocycles. The molecule has 5 heteroatoms. The van der Waals surface area contributed by atoms with E-state index in [0.29, 0.717) is 23.4 Å². The summed E-state index contributed by atoms with van der Waals surface area (Å²) in [5.74, 6) is 1.09. The fourth-order valence-corrected chi connectivity index (χ4v) is 2.46. The minimum absolute atomic E-state index is 0.524. The molecule has 16 heavy (non-hydrogen) atoms. The standard InChI is InChI=1S/C11H14BrClN2O/c12-9-4-10(13)11(15-6-9)16-7-8-2-1-3-14-5-8/h4,6,8,14H,1-3,5,7H2. The van der Waals surface area contributed by atoms with Gasteiger partial charge < -0.3 is 10.1 Å². The molecular weight excluding hydrogens is 291 g/mol. The van der Waals surface area contributed by atoms with E-state index in [1.807, 2.05) is 0 Å². The highest BCUT2D eigenvalue weighted by molar-refractivity contribution is 9.10. The third-order valence-corrected chi connectivity index (χ3v) is 3.33. The summed E-state index contributed by atoms with van der Waals surface area (Å²) in [4.78, 5) is 4.14. The highest BCUT2D eigenvalue weighted by atomic mass is 79.9. The number of hydrogen-bond donors (Lipinski definition) is 1. The molecule has 1 aliphatic rings. The van der Waals surface area contributed by atoms with Crippen molar-refractivity contribution in [2.75, 3.05) is 19.7 Å². The van der Waals surface area contributed by atoms with Gasteiger partial charge in [-0.3, -0.25) is 0 Å². The van der Waals surface area contributed by atoms with Gasteiger partial charge >= 0.3 is 0 Å². The maximum Gasteiger partial charge on any atom is 0.232 e. The van der Waals surface area contributed by atoms with Gasteiger partial charge in [-0.15, -0.1) is 0 Å². The summed E-state index contributed by atoms with van der Waals surface area (Å²) in [6.45, 7) is 2.82. The van der Waals surface area contributed by atoms with Gasteiger partial charge in [-0.25, -0.2) is 4.98 Å². The molecule has 1 N–H and O–H groups in total. The van der Waals surface area contributed by atoms with Gasteiger partial charge in [-0.1, -0.05) is 11.6 Å². The lowest BCUT2D eigenvalue weighted by Crippen LogP contribution is -2.33. The zero-order chi connectivity index (χ0) is 11.4. The molecule has 0 bridgehead atoms. The number of pyridine rings is 1. The van der Waals surface area contributed by atoms with Crippen LogP contribution in [0.1, 0.15) is 12.8 Å². The number of halogens is 2. The van der Waals surface area contributed by atoms with E-state index in [2.05, 4.69) is 26.2 Å². The number of nitrogens with zero attached hydrogens (tertiary/aromatic N) is 1. The highest BCUT2D eigenvalue weighted by Crippen LogP contribution is 2.25. The Hall–Kier alpha value is -0.320. The fourth-order valence-electron chi connectivity index (χ4n) is 1.77. The first kappa shape index (κ1) is 12.1. The van der Waals surface area contributed by atoms with Crippen molar-refractivity contribution in [2.45, 2.75) is 12.8 Å². The average Bonchev–Trinajstić information content (AvgIpc) is 2.29. The van der Waals surface area contributed by atoms with Crippen LogP contribution < -0.4 is 10.1 Å². The van der Waals surface area contributed by atoms with Crippen LogP contribution >= 0.6 is 27.5 Å². The Balaban J connectivity index is 1.88. The van der Waals surface area contributed by atoms with Crippen LogP contribution in [0.15, 0.2) is 16.7 Å². The van der Waals surface area contributed by atoms with Crippen molar-refractivity contribution in [1.82, 2.24) is 10.3 Å². The van der Waals surface area contributed by atoms with E-state index in [1.54, 1.807) is 12.3 Å². The number of nitrogens with one attached hydrogen (secondary N) is 1. The average molecular weight is 306 g/mol. The summed E-state index contributed by atoms with van der Waals surface area (Å²) in [6, 6.07) is 1.79. The van der Waals surface area contributed by atoms with Gasteiger partial charge in [-0.05, 0) is 41.4 Å². The summed E-state index contributed by atoms with van der Waals surface area (Å²) >= 11 is 9.33. The van der Waals surface area contributed by atoms with Gasteiger partial charge in [0.2, 0.25) is 5.88 Å². The molecule has 1 aromatic rings. The summed E-state index contributed by atoms with van der Waals surface area (Å²) in [6.07, 6.45) is 4.12. The van der Waals surface area contributed by atoms with E-state index in [1.165, 1.54) is 12.8 Å². The van der Waals surface area contributed by atoms with Crippen LogP contribution in [0, 0.1) is 5.92 Å². The Kier molecular flexibility index (Phi) is 4.44. The molecule has 3 nitrogen and oxygen atoms in total. The van der Waals surface area contributed by atoms with Gasteiger partial charge in [-0.2, -0.15) is 0 Å². The zero-order valence-corrected chi connectivity index (χ0v) is 11.2. The first-order valence-corrected chi connectivity index (χ1v) is 6.57. The van der Waals surface area contributed by atoms with Crippen molar-refractivity contribution in [3.8, 4) is 5.88 Å². The highest BCUT2D eigenvalue weighted by Gasteiger charge is 2.14. The number of rotatable bonds is 3. The van der Waals surface area contributed by atoms with Gasteiger partial charge in [0.1, 0.15) is 5.02 Å². The maximum absolute atomic E-state index is 6.01. The monoisotopic (exact) mass is 304 g/mol. The van der Waals surface area contributed by atoms with Crippen LogP contribution in [-0.4, -0.2) is 24.7 Å². The number of ether oxygens (including phenoxy) is 1. The molecule has 2 rings (SSSR count). The Bertz CT molecular complexity index is 356. The summed E-state index contributed by atoms with van der Waals surface area (Å²) in [5.41, 5.74) is 0. The third kappa shape index (κ3) is 3.34. The molecule has 1 fully saturated rings. The summed E-state index contributed by atoms with van der Waals surface area (Å²) in [7, 11) is 0. The van der Waals surface area contributed by atoms with Gasteiger partial charge in [0.05, 0.1) is 6.61 Å². The van der Waals surface area contributed by atoms with Crippen molar-refractivity contribution in [2.24, 2.45) is 5.92 Å². The van der Waals surface area contributed by atoms with Crippen LogP contribution in [-0.2, 0) is 0 Å². The molecule has 0 aromatic carbocycles. The Labute approximate surface area is 109 Å². The number of aromatic nitrogens is 1. The molecule has 1 saturated heterocycles. The Morgan fingerprint density at radius 3 is 3.19 bits per heavy atom. The first-order chi connectivity index (χ1) is 7.75. The van der Waals surface area contributed by atoms with E-state index in [0.717, 1.165) is 17.6 Å². The van der Waals surface area contributed by atoms with Crippen molar-refractivity contribution in [3.05, 3.63) is 21.8 Å². The number of hydrogen-bond acceptors (Lipinski definition) is 3. The molecular formula is C11H14BrClN2O. The summed E-state index contributed by atoms with van der Waals surface area (Å²) in [5, 5.41) is 3.91. The van der Waals surface area contributed by atoms with Crippen LogP contribution in [0.5, 0.6) is 5.88 Å². The lowest BCUT2D eigenvalue weighted by Gasteiger charge is -2.22. The predicted octanol–water partition coefficient (Wildman–Crippen LogP) is 2.88. The van der Waals surface area contributed by atoms with E-state index in [-0.39, 0.29) is 0 Å². The smallest absolute Gasteiger partial charge is 0.232 e. The molecule has 88 valence electrons. The SMILES string of the molecule is Clc1cc(Br)cnc1OCC1CCCNC1. The third-order valence-electron chi connectivity index (χ3n) is 2.63. The lowest BCUT2D eigenvalue weighted by atomic mass is 10.0.